The summed E-state index contributed by atoms with van der Waals surface area (Å²) in [5, 5.41) is 3.10. The van der Waals surface area contributed by atoms with Crippen LogP contribution in [0.2, 0.25) is 0 Å². The molecule has 6 heteroatoms. The number of nitrogens with one attached hydrogen (secondary N) is 1. The molecule has 3 fully saturated rings. The summed E-state index contributed by atoms with van der Waals surface area (Å²) in [6, 6.07) is 9.02. The molecule has 0 radical (unpaired) electrons. The molecule has 1 spiro atoms. The molecule has 2 heterocycles. The van der Waals surface area contributed by atoms with Crippen LogP contribution in [0.3, 0.4) is 0 Å². The number of hydrogen-bond donors (Lipinski definition) is 1. The number of hydrogen-bond acceptors (Lipinski definition) is 3. The van der Waals surface area contributed by atoms with Crippen LogP contribution in [0.4, 0.5) is 4.79 Å². The highest BCUT2D eigenvalue weighted by molar-refractivity contribution is 5.79. The van der Waals surface area contributed by atoms with Crippen molar-refractivity contribution in [3.05, 3.63) is 35.4 Å². The van der Waals surface area contributed by atoms with Gasteiger partial charge in [-0.1, -0.05) is 29.8 Å². The molecule has 3 aliphatic rings. The first-order chi connectivity index (χ1) is 14.8. The molecular formula is C25H37N3O3. The predicted molar refractivity (Wildman–Crippen MR) is 121 cm³/mol. The Balaban J connectivity index is 1.35. The second-order valence-electron chi connectivity index (χ2n) is 9.97. The third-order valence-corrected chi connectivity index (χ3v) is 6.91. The lowest BCUT2D eigenvalue weighted by Crippen LogP contribution is -2.57. The molecule has 4 rings (SSSR count). The highest BCUT2D eigenvalue weighted by Crippen LogP contribution is 2.40. The first-order valence-corrected chi connectivity index (χ1v) is 11.9. The maximum absolute atomic E-state index is 12.9. The monoisotopic (exact) mass is 427 g/mol. The van der Waals surface area contributed by atoms with Crippen LogP contribution in [0, 0.1) is 6.92 Å². The second kappa shape index (κ2) is 9.19. The number of nitrogens with zero attached hydrogens (tertiary/aromatic N) is 2. The van der Waals surface area contributed by atoms with Gasteiger partial charge in [0.25, 0.3) is 0 Å². The number of likely N-dealkylation sites (tertiary alicyclic amines) is 1. The summed E-state index contributed by atoms with van der Waals surface area (Å²) in [5.41, 5.74) is 2.07. The van der Waals surface area contributed by atoms with Gasteiger partial charge in [0.05, 0.1) is 12.0 Å². The highest BCUT2D eigenvalue weighted by atomic mass is 16.5. The molecule has 1 aromatic carbocycles. The molecular weight excluding hydrogens is 390 g/mol. The third-order valence-electron chi connectivity index (χ3n) is 6.91. The number of urea groups is 1. The normalized spacial score (nSPS) is 23.1. The molecule has 3 amide bonds. The largest absolute Gasteiger partial charge is 0.375 e. The van der Waals surface area contributed by atoms with E-state index in [1.807, 2.05) is 30.9 Å². The van der Waals surface area contributed by atoms with Crippen LogP contribution in [0.25, 0.3) is 0 Å². The lowest BCUT2D eigenvalue weighted by Gasteiger charge is -2.48. The molecule has 1 atom stereocenters. The Morgan fingerprint density at radius 3 is 2.58 bits per heavy atom. The van der Waals surface area contributed by atoms with Crippen LogP contribution in [-0.2, 0) is 16.0 Å². The Hall–Kier alpha value is -2.08. The van der Waals surface area contributed by atoms with E-state index in [2.05, 4.69) is 29.3 Å². The van der Waals surface area contributed by atoms with Gasteiger partial charge in [-0.15, -0.1) is 0 Å². The molecule has 6 nitrogen and oxygen atoms in total. The van der Waals surface area contributed by atoms with E-state index in [0.717, 1.165) is 57.2 Å². The zero-order valence-electron chi connectivity index (χ0n) is 19.2. The fraction of sp³-hybridized carbons (Fsp3) is 0.680. The summed E-state index contributed by atoms with van der Waals surface area (Å²) in [5.74, 6) is 0.198. The summed E-state index contributed by atoms with van der Waals surface area (Å²) in [7, 11) is 0. The number of carbonyl (C=O) groups is 2. The SMILES string of the molecule is Cc1cccc(CC(=O)N2CCC3(CC2)CC(N(C(=O)NC(C)C)C2CC2)CCO3)c1. The summed E-state index contributed by atoms with van der Waals surface area (Å²) in [6.45, 7) is 8.25. The van der Waals surface area contributed by atoms with Crippen LogP contribution in [0.5, 0.6) is 0 Å². The lowest BCUT2D eigenvalue weighted by atomic mass is 9.81. The summed E-state index contributed by atoms with van der Waals surface area (Å²) in [6.07, 6.45) is 6.17. The van der Waals surface area contributed by atoms with Gasteiger partial charge in [-0.3, -0.25) is 4.79 Å². The first-order valence-electron chi connectivity index (χ1n) is 11.9. The number of aryl methyl sites for hydroxylation is 1. The fourth-order valence-corrected chi connectivity index (χ4v) is 5.16. The van der Waals surface area contributed by atoms with Gasteiger partial charge in [0.1, 0.15) is 0 Å². The molecule has 1 aromatic rings. The Labute approximate surface area is 186 Å². The molecule has 31 heavy (non-hydrogen) atoms. The summed E-state index contributed by atoms with van der Waals surface area (Å²) < 4.78 is 6.31. The Morgan fingerprint density at radius 1 is 1.19 bits per heavy atom. The minimum atomic E-state index is -0.200. The predicted octanol–water partition coefficient (Wildman–Crippen LogP) is 3.66. The van der Waals surface area contributed by atoms with Crippen LogP contribution in [0.15, 0.2) is 24.3 Å². The van der Waals surface area contributed by atoms with Crippen molar-refractivity contribution in [3.63, 3.8) is 0 Å². The van der Waals surface area contributed by atoms with Crippen LogP contribution >= 0.6 is 0 Å². The summed E-state index contributed by atoms with van der Waals surface area (Å²) >= 11 is 0. The molecule has 1 saturated carbocycles. The maximum Gasteiger partial charge on any atom is 0.318 e. The van der Waals surface area contributed by atoms with Crippen molar-refractivity contribution in [3.8, 4) is 0 Å². The fourth-order valence-electron chi connectivity index (χ4n) is 5.16. The quantitative estimate of drug-likeness (QED) is 0.780. The van der Waals surface area contributed by atoms with E-state index in [9.17, 15) is 9.59 Å². The van der Waals surface area contributed by atoms with Crippen molar-refractivity contribution >= 4 is 11.9 Å². The van der Waals surface area contributed by atoms with Gasteiger partial charge < -0.3 is 19.9 Å². The highest BCUT2D eigenvalue weighted by Gasteiger charge is 2.46. The molecule has 170 valence electrons. The zero-order valence-corrected chi connectivity index (χ0v) is 19.2. The van der Waals surface area contributed by atoms with Crippen LogP contribution < -0.4 is 5.32 Å². The van der Waals surface area contributed by atoms with Gasteiger partial charge in [-0.2, -0.15) is 0 Å². The van der Waals surface area contributed by atoms with Gasteiger partial charge in [-0.25, -0.2) is 4.79 Å². The molecule has 0 bridgehead atoms. The van der Waals surface area contributed by atoms with E-state index in [1.54, 1.807) is 0 Å². The zero-order chi connectivity index (χ0) is 22.0. The maximum atomic E-state index is 12.9. The van der Waals surface area contributed by atoms with Gasteiger partial charge in [0.15, 0.2) is 0 Å². The van der Waals surface area contributed by atoms with Gasteiger partial charge >= 0.3 is 6.03 Å². The number of carbonyl (C=O) groups excluding carboxylic acids is 2. The molecule has 1 N–H and O–H groups in total. The average Bonchev–Trinajstić information content (AvgIpc) is 3.53. The second-order valence-corrected chi connectivity index (χ2v) is 9.97. The Kier molecular flexibility index (Phi) is 6.56. The minimum absolute atomic E-state index is 0.0744. The van der Waals surface area contributed by atoms with Crippen LogP contribution in [0.1, 0.15) is 63.5 Å². The van der Waals surface area contributed by atoms with Crippen molar-refractivity contribution in [2.45, 2.75) is 89.4 Å². The number of piperidine rings is 1. The van der Waals surface area contributed by atoms with Crippen molar-refractivity contribution in [2.75, 3.05) is 19.7 Å². The van der Waals surface area contributed by atoms with Gasteiger partial charge in [-0.05, 0) is 64.9 Å². The van der Waals surface area contributed by atoms with Crippen molar-refractivity contribution < 1.29 is 14.3 Å². The molecule has 0 aromatic heterocycles. The van der Waals surface area contributed by atoms with Crippen molar-refractivity contribution in [1.29, 1.82) is 0 Å². The lowest BCUT2D eigenvalue weighted by molar-refractivity contribution is -0.147. The topological polar surface area (TPSA) is 61.9 Å². The smallest absolute Gasteiger partial charge is 0.318 e. The molecule has 1 unspecified atom stereocenters. The molecule has 2 aliphatic heterocycles. The Bertz CT molecular complexity index is 797. The number of ether oxygens (including phenoxy) is 1. The van der Waals surface area contributed by atoms with Gasteiger partial charge in [0.2, 0.25) is 5.91 Å². The van der Waals surface area contributed by atoms with E-state index in [4.69, 9.17) is 4.74 Å². The molecule has 2 saturated heterocycles. The van der Waals surface area contributed by atoms with E-state index < -0.39 is 0 Å². The van der Waals surface area contributed by atoms with Crippen molar-refractivity contribution in [2.24, 2.45) is 0 Å². The van der Waals surface area contributed by atoms with Crippen LogP contribution in [-0.4, -0.2) is 65.2 Å². The Morgan fingerprint density at radius 2 is 1.94 bits per heavy atom. The first kappa shape index (κ1) is 22.1. The third kappa shape index (κ3) is 5.40. The van der Waals surface area contributed by atoms with Gasteiger partial charge in [0, 0.05) is 37.8 Å². The molecule has 1 aliphatic carbocycles. The summed E-state index contributed by atoms with van der Waals surface area (Å²) in [4.78, 5) is 29.8. The average molecular weight is 428 g/mol. The van der Waals surface area contributed by atoms with E-state index >= 15 is 0 Å². The number of benzene rings is 1. The number of amides is 3. The van der Waals surface area contributed by atoms with Crippen molar-refractivity contribution in [1.82, 2.24) is 15.1 Å². The van der Waals surface area contributed by atoms with E-state index in [0.29, 0.717) is 19.1 Å². The number of rotatable bonds is 5. The van der Waals surface area contributed by atoms with E-state index in [1.165, 1.54) is 5.56 Å². The van der Waals surface area contributed by atoms with E-state index in [-0.39, 0.29) is 29.6 Å². The minimum Gasteiger partial charge on any atom is -0.375 e. The standard InChI is InChI=1S/C25H37N3O3/c1-18(2)26-24(30)28(21-7-8-21)22-9-14-31-25(17-22)10-12-27(13-11-25)23(29)16-20-6-4-5-19(3)15-20/h4-6,15,18,21-22H,7-14,16-17H2,1-3H3,(H,26,30).